The van der Waals surface area contributed by atoms with E-state index in [0.29, 0.717) is 5.41 Å². The lowest BCUT2D eigenvalue weighted by Gasteiger charge is -2.60. The van der Waals surface area contributed by atoms with Gasteiger partial charge in [-0.3, -0.25) is 0 Å². The summed E-state index contributed by atoms with van der Waals surface area (Å²) in [6, 6.07) is 0. The molecule has 0 amide bonds. The molecular weight excluding hydrogens is 134 g/mol. The molecule has 2 N–H and O–H groups in total. The van der Waals surface area contributed by atoms with Gasteiger partial charge in [-0.15, -0.1) is 0 Å². The standard InChI is InChI=1S/C10H19N/c1-10(2)8-4-3-7(6-11)9(10)5-8/h7-9H,3-6,11H2,1-2H3/t7?,8-,9-/m0/s1. The van der Waals surface area contributed by atoms with Crippen molar-refractivity contribution in [3.05, 3.63) is 0 Å². The van der Waals surface area contributed by atoms with Gasteiger partial charge in [0, 0.05) is 0 Å². The molecule has 0 aromatic carbocycles. The zero-order valence-electron chi connectivity index (χ0n) is 7.64. The second-order valence-corrected chi connectivity index (χ2v) is 4.93. The Hall–Kier alpha value is -0.0400. The van der Waals surface area contributed by atoms with Gasteiger partial charge in [0.25, 0.3) is 0 Å². The molecule has 1 nitrogen and oxygen atoms in total. The Kier molecular flexibility index (Phi) is 1.54. The van der Waals surface area contributed by atoms with Crippen molar-refractivity contribution in [3.8, 4) is 0 Å². The minimum Gasteiger partial charge on any atom is -0.330 e. The molecule has 0 radical (unpaired) electrons. The first-order valence-corrected chi connectivity index (χ1v) is 4.86. The maximum atomic E-state index is 5.74. The van der Waals surface area contributed by atoms with Crippen LogP contribution in [0.4, 0.5) is 0 Å². The van der Waals surface area contributed by atoms with Crippen LogP contribution < -0.4 is 5.73 Å². The van der Waals surface area contributed by atoms with Gasteiger partial charge in [0.1, 0.15) is 0 Å². The highest BCUT2D eigenvalue weighted by Crippen LogP contribution is 2.60. The van der Waals surface area contributed by atoms with E-state index in [9.17, 15) is 0 Å². The van der Waals surface area contributed by atoms with Crippen molar-refractivity contribution in [1.82, 2.24) is 0 Å². The van der Waals surface area contributed by atoms with E-state index in [1.54, 1.807) is 0 Å². The Labute approximate surface area is 69.4 Å². The van der Waals surface area contributed by atoms with E-state index in [0.717, 1.165) is 24.3 Å². The van der Waals surface area contributed by atoms with Crippen LogP contribution in [0.2, 0.25) is 0 Å². The van der Waals surface area contributed by atoms with Crippen molar-refractivity contribution in [3.63, 3.8) is 0 Å². The predicted octanol–water partition coefficient (Wildman–Crippen LogP) is 2.02. The Morgan fingerprint density at radius 3 is 2.45 bits per heavy atom. The molecule has 0 aliphatic heterocycles. The molecule has 0 heterocycles. The summed E-state index contributed by atoms with van der Waals surface area (Å²) in [5.41, 5.74) is 6.37. The normalized spacial score (nSPS) is 46.6. The molecule has 1 unspecified atom stereocenters. The van der Waals surface area contributed by atoms with Crippen LogP contribution in [-0.2, 0) is 0 Å². The smallest absolute Gasteiger partial charge is 0.00460 e. The molecule has 3 rings (SSSR count). The van der Waals surface area contributed by atoms with Gasteiger partial charge in [-0.2, -0.15) is 0 Å². The summed E-state index contributed by atoms with van der Waals surface area (Å²) in [5, 5.41) is 0. The van der Waals surface area contributed by atoms with E-state index < -0.39 is 0 Å². The molecule has 0 aromatic heterocycles. The van der Waals surface area contributed by atoms with Crippen LogP contribution in [0.1, 0.15) is 33.1 Å². The van der Waals surface area contributed by atoms with Gasteiger partial charge in [-0.25, -0.2) is 0 Å². The molecule has 3 atom stereocenters. The fourth-order valence-corrected chi connectivity index (χ4v) is 3.24. The lowest BCUT2D eigenvalue weighted by molar-refractivity contribution is -0.101. The van der Waals surface area contributed by atoms with E-state index in [1.807, 2.05) is 0 Å². The fourth-order valence-electron chi connectivity index (χ4n) is 3.24. The fraction of sp³-hybridized carbons (Fsp3) is 1.00. The second-order valence-electron chi connectivity index (χ2n) is 4.93. The summed E-state index contributed by atoms with van der Waals surface area (Å²) in [6.07, 6.45) is 4.30. The van der Waals surface area contributed by atoms with Crippen molar-refractivity contribution in [2.45, 2.75) is 33.1 Å². The minimum absolute atomic E-state index is 0.627. The van der Waals surface area contributed by atoms with E-state index in [1.165, 1.54) is 19.3 Å². The summed E-state index contributed by atoms with van der Waals surface area (Å²) < 4.78 is 0. The molecule has 3 fully saturated rings. The average molecular weight is 153 g/mol. The van der Waals surface area contributed by atoms with Gasteiger partial charge in [0.2, 0.25) is 0 Å². The molecule has 64 valence electrons. The van der Waals surface area contributed by atoms with Gasteiger partial charge in [-0.1, -0.05) is 13.8 Å². The number of rotatable bonds is 1. The second kappa shape index (κ2) is 2.22. The monoisotopic (exact) mass is 153 g/mol. The third kappa shape index (κ3) is 0.868. The number of fused-ring (bicyclic) bond motifs is 2. The molecule has 3 aliphatic carbocycles. The van der Waals surface area contributed by atoms with Crippen LogP contribution in [0.15, 0.2) is 0 Å². The third-order valence-corrected chi connectivity index (χ3v) is 4.30. The molecular formula is C10H19N. The van der Waals surface area contributed by atoms with E-state index in [-0.39, 0.29) is 0 Å². The Bertz CT molecular complexity index is 160. The molecule has 3 aliphatic rings. The van der Waals surface area contributed by atoms with Crippen molar-refractivity contribution in [2.24, 2.45) is 28.9 Å². The first kappa shape index (κ1) is 7.60. The van der Waals surface area contributed by atoms with Gasteiger partial charge in [0.05, 0.1) is 0 Å². The van der Waals surface area contributed by atoms with E-state index >= 15 is 0 Å². The van der Waals surface area contributed by atoms with Crippen molar-refractivity contribution < 1.29 is 0 Å². The number of hydrogen-bond acceptors (Lipinski definition) is 1. The highest BCUT2D eigenvalue weighted by molar-refractivity contribution is 5.03. The zero-order chi connectivity index (χ0) is 8.06. The molecule has 11 heavy (non-hydrogen) atoms. The molecule has 3 saturated carbocycles. The molecule has 1 heteroatoms. The summed E-state index contributed by atoms with van der Waals surface area (Å²) in [7, 11) is 0. The van der Waals surface area contributed by atoms with Crippen molar-refractivity contribution in [2.75, 3.05) is 6.54 Å². The summed E-state index contributed by atoms with van der Waals surface area (Å²) in [6.45, 7) is 5.77. The SMILES string of the molecule is CC1(C)[C@H]2CCC(CN)[C@@H]1C2. The number of nitrogens with two attached hydrogens (primary N) is 1. The van der Waals surface area contributed by atoms with Gasteiger partial charge >= 0.3 is 0 Å². The first-order chi connectivity index (χ1) is 5.16. The highest BCUT2D eigenvalue weighted by atomic mass is 14.6. The summed E-state index contributed by atoms with van der Waals surface area (Å²) in [5.74, 6) is 2.82. The zero-order valence-corrected chi connectivity index (χ0v) is 7.64. The van der Waals surface area contributed by atoms with Crippen molar-refractivity contribution in [1.29, 1.82) is 0 Å². The van der Waals surface area contributed by atoms with E-state index in [4.69, 9.17) is 5.73 Å². The van der Waals surface area contributed by atoms with Gasteiger partial charge in [0.15, 0.2) is 0 Å². The van der Waals surface area contributed by atoms with Gasteiger partial charge < -0.3 is 5.73 Å². The Morgan fingerprint density at radius 1 is 1.36 bits per heavy atom. The predicted molar refractivity (Wildman–Crippen MR) is 47.2 cm³/mol. The van der Waals surface area contributed by atoms with E-state index in [2.05, 4.69) is 13.8 Å². The van der Waals surface area contributed by atoms with Gasteiger partial charge in [-0.05, 0) is 49.0 Å². The van der Waals surface area contributed by atoms with Crippen LogP contribution in [0.5, 0.6) is 0 Å². The third-order valence-electron chi connectivity index (χ3n) is 4.30. The topological polar surface area (TPSA) is 26.0 Å². The maximum Gasteiger partial charge on any atom is -0.00460 e. The molecule has 2 bridgehead atoms. The number of hydrogen-bond donors (Lipinski definition) is 1. The van der Waals surface area contributed by atoms with Crippen LogP contribution in [0.25, 0.3) is 0 Å². The molecule has 0 aromatic rings. The Balaban J connectivity index is 2.10. The summed E-state index contributed by atoms with van der Waals surface area (Å²) in [4.78, 5) is 0. The quantitative estimate of drug-likeness (QED) is 0.612. The minimum atomic E-state index is 0.627. The lowest BCUT2D eigenvalue weighted by atomic mass is 9.45. The van der Waals surface area contributed by atoms with Crippen LogP contribution in [0.3, 0.4) is 0 Å². The van der Waals surface area contributed by atoms with Crippen LogP contribution in [-0.4, -0.2) is 6.54 Å². The molecule has 0 spiro atoms. The lowest BCUT2D eigenvalue weighted by Crippen LogP contribution is -2.53. The largest absolute Gasteiger partial charge is 0.330 e. The van der Waals surface area contributed by atoms with Crippen LogP contribution in [0, 0.1) is 23.2 Å². The highest BCUT2D eigenvalue weighted by Gasteiger charge is 2.53. The first-order valence-electron chi connectivity index (χ1n) is 4.86. The van der Waals surface area contributed by atoms with Crippen LogP contribution >= 0.6 is 0 Å². The maximum absolute atomic E-state index is 5.74. The Morgan fingerprint density at radius 2 is 2.09 bits per heavy atom. The van der Waals surface area contributed by atoms with Crippen molar-refractivity contribution >= 4 is 0 Å². The molecule has 0 saturated heterocycles. The summed E-state index contributed by atoms with van der Waals surface area (Å²) >= 11 is 0. The average Bonchev–Trinajstić information content (AvgIpc) is 2.04.